The summed E-state index contributed by atoms with van der Waals surface area (Å²) in [6, 6.07) is 7.73. The molecule has 18 heavy (non-hydrogen) atoms. The Morgan fingerprint density at radius 2 is 2.00 bits per heavy atom. The van der Waals surface area contributed by atoms with Crippen LogP contribution in [0.25, 0.3) is 0 Å². The number of nitrogens with two attached hydrogens (primary N) is 1. The molecule has 0 amide bonds. The lowest BCUT2D eigenvalue weighted by atomic mass is 10.2. The molecule has 1 rings (SSSR count). The van der Waals surface area contributed by atoms with Crippen LogP contribution < -0.4 is 20.9 Å². The Labute approximate surface area is 109 Å². The molecule has 5 nitrogen and oxygen atoms in total. The highest BCUT2D eigenvalue weighted by Gasteiger charge is 2.07. The van der Waals surface area contributed by atoms with Crippen LogP contribution in [0.2, 0.25) is 0 Å². The SMILES string of the molecule is COc1ccc(N(C)C(=NCC(C)C)NN)cc1. The number of nitrogens with one attached hydrogen (secondary N) is 1. The molecule has 3 N–H and O–H groups in total. The van der Waals surface area contributed by atoms with Crippen molar-refractivity contribution < 1.29 is 4.74 Å². The van der Waals surface area contributed by atoms with Gasteiger partial charge in [0.2, 0.25) is 5.96 Å². The Morgan fingerprint density at radius 1 is 1.39 bits per heavy atom. The van der Waals surface area contributed by atoms with Crippen LogP contribution in [-0.2, 0) is 0 Å². The summed E-state index contributed by atoms with van der Waals surface area (Å²) in [4.78, 5) is 6.34. The van der Waals surface area contributed by atoms with Gasteiger partial charge in [0.05, 0.1) is 7.11 Å². The van der Waals surface area contributed by atoms with E-state index in [0.717, 1.165) is 18.0 Å². The second-order valence-electron chi connectivity index (χ2n) is 4.46. The number of aliphatic imine (C=N–C) groups is 1. The molecule has 5 heteroatoms. The van der Waals surface area contributed by atoms with Crippen LogP contribution in [0.15, 0.2) is 29.3 Å². The first-order chi connectivity index (χ1) is 8.58. The van der Waals surface area contributed by atoms with Crippen molar-refractivity contribution in [3.63, 3.8) is 0 Å². The maximum absolute atomic E-state index is 5.51. The fourth-order valence-electron chi connectivity index (χ4n) is 1.45. The molecule has 1 aromatic rings. The number of ether oxygens (including phenoxy) is 1. The first-order valence-corrected chi connectivity index (χ1v) is 5.97. The third-order valence-electron chi connectivity index (χ3n) is 2.51. The van der Waals surface area contributed by atoms with E-state index in [1.807, 2.05) is 36.2 Å². The van der Waals surface area contributed by atoms with Crippen LogP contribution in [0.4, 0.5) is 5.69 Å². The van der Waals surface area contributed by atoms with Crippen molar-refractivity contribution in [1.82, 2.24) is 5.43 Å². The predicted octanol–water partition coefficient (Wildman–Crippen LogP) is 1.61. The van der Waals surface area contributed by atoms with Crippen LogP contribution in [-0.4, -0.2) is 26.7 Å². The van der Waals surface area contributed by atoms with Gasteiger partial charge in [0.25, 0.3) is 0 Å². The molecule has 0 aliphatic heterocycles. The highest BCUT2D eigenvalue weighted by Crippen LogP contribution is 2.18. The molecule has 0 aromatic heterocycles. The Kier molecular flexibility index (Phi) is 5.45. The minimum atomic E-state index is 0.498. The quantitative estimate of drug-likeness (QED) is 0.369. The van der Waals surface area contributed by atoms with Crippen LogP contribution >= 0.6 is 0 Å². The number of nitrogens with zero attached hydrogens (tertiary/aromatic N) is 2. The number of methoxy groups -OCH3 is 1. The highest BCUT2D eigenvalue weighted by atomic mass is 16.5. The predicted molar refractivity (Wildman–Crippen MR) is 75.9 cm³/mol. The molecule has 100 valence electrons. The molecular formula is C13H22N4O. The van der Waals surface area contributed by atoms with E-state index < -0.39 is 0 Å². The van der Waals surface area contributed by atoms with Crippen LogP contribution in [0.1, 0.15) is 13.8 Å². The van der Waals surface area contributed by atoms with Gasteiger partial charge in [0, 0.05) is 19.3 Å². The lowest BCUT2D eigenvalue weighted by molar-refractivity contribution is 0.415. The van der Waals surface area contributed by atoms with Crippen molar-refractivity contribution >= 4 is 11.6 Å². The topological polar surface area (TPSA) is 62.9 Å². The Bertz CT molecular complexity index is 386. The molecule has 1 aromatic carbocycles. The molecule has 0 heterocycles. The summed E-state index contributed by atoms with van der Waals surface area (Å²) in [5.41, 5.74) is 3.63. The van der Waals surface area contributed by atoms with Crippen LogP contribution in [0.5, 0.6) is 5.75 Å². The van der Waals surface area contributed by atoms with Gasteiger partial charge < -0.3 is 9.64 Å². The van der Waals surface area contributed by atoms with E-state index >= 15 is 0 Å². The van der Waals surface area contributed by atoms with Gasteiger partial charge >= 0.3 is 0 Å². The molecule has 0 atom stereocenters. The zero-order valence-corrected chi connectivity index (χ0v) is 11.5. The minimum absolute atomic E-state index is 0.498. The van der Waals surface area contributed by atoms with E-state index in [-0.39, 0.29) is 0 Å². The van der Waals surface area contributed by atoms with E-state index in [1.165, 1.54) is 0 Å². The van der Waals surface area contributed by atoms with Gasteiger partial charge in [0.1, 0.15) is 5.75 Å². The van der Waals surface area contributed by atoms with Gasteiger partial charge in [-0.05, 0) is 30.2 Å². The Hall–Kier alpha value is -1.75. The fraction of sp³-hybridized carbons (Fsp3) is 0.462. The molecule has 0 fully saturated rings. The van der Waals surface area contributed by atoms with E-state index in [1.54, 1.807) is 7.11 Å². The normalized spacial score (nSPS) is 11.6. The zero-order chi connectivity index (χ0) is 13.5. The van der Waals surface area contributed by atoms with Gasteiger partial charge in [-0.1, -0.05) is 13.8 Å². The fourth-order valence-corrected chi connectivity index (χ4v) is 1.45. The van der Waals surface area contributed by atoms with Crippen LogP contribution in [0, 0.1) is 5.92 Å². The van der Waals surface area contributed by atoms with Gasteiger partial charge in [-0.25, -0.2) is 5.84 Å². The van der Waals surface area contributed by atoms with E-state index in [2.05, 4.69) is 24.3 Å². The maximum Gasteiger partial charge on any atom is 0.212 e. The van der Waals surface area contributed by atoms with Gasteiger partial charge in [-0.2, -0.15) is 0 Å². The third kappa shape index (κ3) is 3.92. The standard InChI is InChI=1S/C13H22N4O/c1-10(2)9-15-13(16-14)17(3)11-5-7-12(18-4)8-6-11/h5-8,10H,9,14H2,1-4H3,(H,15,16). The molecule has 0 spiro atoms. The van der Waals surface area contributed by atoms with E-state index in [9.17, 15) is 0 Å². The summed E-state index contributed by atoms with van der Waals surface area (Å²) in [7, 11) is 3.57. The Morgan fingerprint density at radius 3 is 2.44 bits per heavy atom. The number of guanidine groups is 1. The average Bonchev–Trinajstić information content (AvgIpc) is 2.39. The number of benzene rings is 1. The molecule has 0 unspecified atom stereocenters. The van der Waals surface area contributed by atoms with Crippen molar-refractivity contribution in [3.8, 4) is 5.75 Å². The average molecular weight is 250 g/mol. The van der Waals surface area contributed by atoms with Gasteiger partial charge in [0.15, 0.2) is 0 Å². The number of rotatable bonds is 4. The van der Waals surface area contributed by atoms with Gasteiger partial charge in [-0.3, -0.25) is 10.4 Å². The van der Waals surface area contributed by atoms with Gasteiger partial charge in [-0.15, -0.1) is 0 Å². The third-order valence-corrected chi connectivity index (χ3v) is 2.51. The number of hydrazine groups is 1. The summed E-state index contributed by atoms with van der Waals surface area (Å²) in [5.74, 6) is 7.48. The molecule has 0 aliphatic rings. The monoisotopic (exact) mass is 250 g/mol. The number of hydrogen-bond donors (Lipinski definition) is 2. The lowest BCUT2D eigenvalue weighted by Gasteiger charge is -2.21. The van der Waals surface area contributed by atoms with E-state index in [0.29, 0.717) is 11.9 Å². The zero-order valence-electron chi connectivity index (χ0n) is 11.5. The summed E-state index contributed by atoms with van der Waals surface area (Å²) in [6.07, 6.45) is 0. The summed E-state index contributed by atoms with van der Waals surface area (Å²) >= 11 is 0. The Balaban J connectivity index is 2.82. The first-order valence-electron chi connectivity index (χ1n) is 5.97. The van der Waals surface area contributed by atoms with Crippen LogP contribution in [0.3, 0.4) is 0 Å². The maximum atomic E-state index is 5.51. The summed E-state index contributed by atoms with van der Waals surface area (Å²) in [6.45, 7) is 4.97. The number of hydrogen-bond acceptors (Lipinski definition) is 3. The molecule has 0 aliphatic carbocycles. The molecule has 0 saturated heterocycles. The highest BCUT2D eigenvalue weighted by molar-refractivity contribution is 5.95. The second-order valence-corrected chi connectivity index (χ2v) is 4.46. The number of anilines is 1. The smallest absolute Gasteiger partial charge is 0.212 e. The van der Waals surface area contributed by atoms with Crippen molar-refractivity contribution in [2.45, 2.75) is 13.8 Å². The van der Waals surface area contributed by atoms with Crippen molar-refractivity contribution in [1.29, 1.82) is 0 Å². The summed E-state index contributed by atoms with van der Waals surface area (Å²) < 4.78 is 5.13. The summed E-state index contributed by atoms with van der Waals surface area (Å²) in [5, 5.41) is 0. The molecular weight excluding hydrogens is 228 g/mol. The minimum Gasteiger partial charge on any atom is -0.497 e. The molecule has 0 saturated carbocycles. The van der Waals surface area contributed by atoms with E-state index in [4.69, 9.17) is 10.6 Å². The first kappa shape index (κ1) is 14.3. The second kappa shape index (κ2) is 6.86. The largest absolute Gasteiger partial charge is 0.497 e. The van der Waals surface area contributed by atoms with Crippen molar-refractivity contribution in [2.24, 2.45) is 16.8 Å². The molecule has 0 bridgehead atoms. The lowest BCUT2D eigenvalue weighted by Crippen LogP contribution is -2.43. The molecule has 0 radical (unpaired) electrons. The van der Waals surface area contributed by atoms with Crippen molar-refractivity contribution in [3.05, 3.63) is 24.3 Å². The van der Waals surface area contributed by atoms with Crippen molar-refractivity contribution in [2.75, 3.05) is 25.6 Å².